The van der Waals surface area contributed by atoms with Gasteiger partial charge in [-0.3, -0.25) is 0 Å². The number of methoxy groups -OCH3 is 1. The first kappa shape index (κ1) is 15.8. The van der Waals surface area contributed by atoms with Crippen LogP contribution in [0.5, 0.6) is 23.0 Å². The molecule has 0 saturated heterocycles. The highest BCUT2D eigenvalue weighted by Gasteiger charge is 2.16. The lowest BCUT2D eigenvalue weighted by atomic mass is 10.1. The van der Waals surface area contributed by atoms with Gasteiger partial charge in [-0.25, -0.2) is 4.98 Å². The Hall–Kier alpha value is -2.73. The van der Waals surface area contributed by atoms with E-state index in [1.807, 2.05) is 48.7 Å². The van der Waals surface area contributed by atoms with Gasteiger partial charge in [-0.1, -0.05) is 0 Å². The van der Waals surface area contributed by atoms with Crippen LogP contribution >= 0.6 is 11.3 Å². The molecular weight excluding hydrogens is 338 g/mol. The first-order valence-electron chi connectivity index (χ1n) is 7.95. The number of hydrogen-bond acceptors (Lipinski definition) is 6. The van der Waals surface area contributed by atoms with Crippen LogP contribution in [-0.2, 0) is 0 Å². The SMILES string of the molecule is CCOc1ccc(-c2nc(-c3ccc4c(c3)OCO4)cs2)cc1OC. The van der Waals surface area contributed by atoms with E-state index in [0.717, 1.165) is 39.1 Å². The van der Waals surface area contributed by atoms with Crippen LogP contribution in [-0.4, -0.2) is 25.5 Å². The molecule has 0 saturated carbocycles. The number of benzene rings is 2. The lowest BCUT2D eigenvalue weighted by molar-refractivity contribution is 0.174. The first-order chi connectivity index (χ1) is 12.3. The number of fused-ring (bicyclic) bond motifs is 1. The number of nitrogens with zero attached hydrogens (tertiary/aromatic N) is 1. The van der Waals surface area contributed by atoms with Gasteiger partial charge in [0.15, 0.2) is 23.0 Å². The fraction of sp³-hybridized carbons (Fsp3) is 0.211. The fourth-order valence-corrected chi connectivity index (χ4v) is 3.50. The molecule has 3 aromatic rings. The maximum Gasteiger partial charge on any atom is 0.231 e. The van der Waals surface area contributed by atoms with Gasteiger partial charge in [0.05, 0.1) is 19.4 Å². The average molecular weight is 355 g/mol. The molecule has 0 unspecified atom stereocenters. The summed E-state index contributed by atoms with van der Waals surface area (Å²) in [5.41, 5.74) is 2.91. The second-order valence-corrected chi connectivity index (χ2v) is 6.26. The number of ether oxygens (including phenoxy) is 4. The van der Waals surface area contributed by atoms with Crippen molar-refractivity contribution < 1.29 is 18.9 Å². The van der Waals surface area contributed by atoms with Crippen molar-refractivity contribution in [1.82, 2.24) is 4.98 Å². The minimum atomic E-state index is 0.271. The van der Waals surface area contributed by atoms with Crippen LogP contribution in [0.2, 0.25) is 0 Å². The molecule has 1 aliphatic rings. The summed E-state index contributed by atoms with van der Waals surface area (Å²) in [6.07, 6.45) is 0. The number of rotatable bonds is 5. The number of hydrogen-bond donors (Lipinski definition) is 0. The third-order valence-corrected chi connectivity index (χ3v) is 4.77. The predicted molar refractivity (Wildman–Crippen MR) is 96.8 cm³/mol. The van der Waals surface area contributed by atoms with E-state index < -0.39 is 0 Å². The van der Waals surface area contributed by atoms with E-state index in [1.165, 1.54) is 0 Å². The van der Waals surface area contributed by atoms with E-state index in [4.69, 9.17) is 23.9 Å². The molecule has 4 rings (SSSR count). The monoisotopic (exact) mass is 355 g/mol. The Balaban J connectivity index is 1.65. The number of thiazole rings is 1. The van der Waals surface area contributed by atoms with Crippen LogP contribution in [0.25, 0.3) is 21.8 Å². The molecule has 1 aromatic heterocycles. The highest BCUT2D eigenvalue weighted by Crippen LogP contribution is 2.38. The lowest BCUT2D eigenvalue weighted by Gasteiger charge is -2.09. The van der Waals surface area contributed by atoms with E-state index >= 15 is 0 Å². The van der Waals surface area contributed by atoms with E-state index in [9.17, 15) is 0 Å². The topological polar surface area (TPSA) is 49.8 Å². The highest BCUT2D eigenvalue weighted by molar-refractivity contribution is 7.13. The van der Waals surface area contributed by atoms with Gasteiger partial charge in [-0.15, -0.1) is 11.3 Å². The summed E-state index contributed by atoms with van der Waals surface area (Å²) in [6, 6.07) is 11.7. The summed E-state index contributed by atoms with van der Waals surface area (Å²) in [6.45, 7) is 2.82. The van der Waals surface area contributed by atoms with Crippen molar-refractivity contribution in [3.63, 3.8) is 0 Å². The second kappa shape index (κ2) is 6.64. The molecule has 25 heavy (non-hydrogen) atoms. The molecule has 0 aliphatic carbocycles. The molecule has 2 heterocycles. The third-order valence-electron chi connectivity index (χ3n) is 3.88. The molecule has 0 amide bonds. The maximum absolute atomic E-state index is 5.57. The predicted octanol–water partition coefficient (Wildman–Crippen LogP) is 4.61. The first-order valence-corrected chi connectivity index (χ1v) is 8.83. The molecule has 0 fully saturated rings. The quantitative estimate of drug-likeness (QED) is 0.669. The van der Waals surface area contributed by atoms with Crippen molar-refractivity contribution in [2.45, 2.75) is 6.92 Å². The summed E-state index contributed by atoms with van der Waals surface area (Å²) in [7, 11) is 1.64. The van der Waals surface area contributed by atoms with Gasteiger partial charge < -0.3 is 18.9 Å². The molecule has 5 nitrogen and oxygen atoms in total. The standard InChI is InChI=1S/C19H17NO4S/c1-3-22-15-7-5-13(9-17(15)21-2)19-20-14(10-25-19)12-4-6-16-18(8-12)24-11-23-16/h4-10H,3,11H2,1-2H3. The largest absolute Gasteiger partial charge is 0.493 e. The van der Waals surface area contributed by atoms with Gasteiger partial charge in [0.2, 0.25) is 6.79 Å². The van der Waals surface area contributed by atoms with Crippen molar-refractivity contribution in [2.75, 3.05) is 20.5 Å². The zero-order valence-corrected chi connectivity index (χ0v) is 14.8. The van der Waals surface area contributed by atoms with Crippen LogP contribution in [0, 0.1) is 0 Å². The van der Waals surface area contributed by atoms with Crippen molar-refractivity contribution in [2.24, 2.45) is 0 Å². The Bertz CT molecular complexity index is 906. The Kier molecular flexibility index (Phi) is 4.19. The van der Waals surface area contributed by atoms with Gasteiger partial charge in [0, 0.05) is 16.5 Å². The fourth-order valence-electron chi connectivity index (χ4n) is 2.67. The van der Waals surface area contributed by atoms with E-state index in [1.54, 1.807) is 18.4 Å². The van der Waals surface area contributed by atoms with Gasteiger partial charge in [-0.2, -0.15) is 0 Å². The summed E-state index contributed by atoms with van der Waals surface area (Å²) in [5, 5.41) is 2.96. The highest BCUT2D eigenvalue weighted by atomic mass is 32.1. The zero-order chi connectivity index (χ0) is 17.2. The molecular formula is C19H17NO4S. The normalized spacial score (nSPS) is 12.2. The zero-order valence-electron chi connectivity index (χ0n) is 13.9. The molecule has 0 radical (unpaired) electrons. The number of aromatic nitrogens is 1. The molecule has 0 spiro atoms. The molecule has 1 aliphatic heterocycles. The van der Waals surface area contributed by atoms with Crippen LogP contribution in [0.4, 0.5) is 0 Å². The Morgan fingerprint density at radius 1 is 1.04 bits per heavy atom. The van der Waals surface area contributed by atoms with Gasteiger partial charge >= 0.3 is 0 Å². The van der Waals surface area contributed by atoms with Gasteiger partial charge in [0.25, 0.3) is 0 Å². The average Bonchev–Trinajstić information content (AvgIpc) is 3.31. The van der Waals surface area contributed by atoms with Crippen LogP contribution in [0.3, 0.4) is 0 Å². The van der Waals surface area contributed by atoms with Crippen LogP contribution in [0.15, 0.2) is 41.8 Å². The molecule has 0 bridgehead atoms. The minimum Gasteiger partial charge on any atom is -0.493 e. The molecule has 0 N–H and O–H groups in total. The minimum absolute atomic E-state index is 0.271. The van der Waals surface area contributed by atoms with Crippen molar-refractivity contribution in [3.8, 4) is 44.8 Å². The van der Waals surface area contributed by atoms with Crippen LogP contribution < -0.4 is 18.9 Å². The Morgan fingerprint density at radius 3 is 2.72 bits per heavy atom. The van der Waals surface area contributed by atoms with Gasteiger partial charge in [0.1, 0.15) is 5.01 Å². The molecule has 0 atom stereocenters. The third kappa shape index (κ3) is 3.00. The Labute approximate surface area is 149 Å². The van der Waals surface area contributed by atoms with Crippen molar-refractivity contribution in [3.05, 3.63) is 41.8 Å². The summed E-state index contributed by atoms with van der Waals surface area (Å²) >= 11 is 1.59. The summed E-state index contributed by atoms with van der Waals surface area (Å²) < 4.78 is 21.8. The summed E-state index contributed by atoms with van der Waals surface area (Å²) in [4.78, 5) is 4.75. The van der Waals surface area contributed by atoms with Crippen molar-refractivity contribution in [1.29, 1.82) is 0 Å². The van der Waals surface area contributed by atoms with Crippen LogP contribution in [0.1, 0.15) is 6.92 Å². The van der Waals surface area contributed by atoms with E-state index in [2.05, 4.69) is 0 Å². The van der Waals surface area contributed by atoms with Crippen molar-refractivity contribution >= 4 is 11.3 Å². The van der Waals surface area contributed by atoms with Gasteiger partial charge in [-0.05, 0) is 43.3 Å². The lowest BCUT2D eigenvalue weighted by Crippen LogP contribution is -1.95. The second-order valence-electron chi connectivity index (χ2n) is 5.40. The molecule has 128 valence electrons. The smallest absolute Gasteiger partial charge is 0.231 e. The van der Waals surface area contributed by atoms with E-state index in [0.29, 0.717) is 12.4 Å². The molecule has 6 heteroatoms. The molecule has 2 aromatic carbocycles. The Morgan fingerprint density at radius 2 is 1.88 bits per heavy atom. The van der Waals surface area contributed by atoms with E-state index in [-0.39, 0.29) is 6.79 Å². The summed E-state index contributed by atoms with van der Waals surface area (Å²) in [5.74, 6) is 2.98. The maximum atomic E-state index is 5.57.